The van der Waals surface area contributed by atoms with E-state index in [9.17, 15) is 5.11 Å². The minimum atomic E-state index is -0.887. The third-order valence-electron chi connectivity index (χ3n) is 2.08. The van der Waals surface area contributed by atoms with Crippen LogP contribution < -0.4 is 0 Å². The van der Waals surface area contributed by atoms with Gasteiger partial charge in [-0.25, -0.2) is 9.78 Å². The topological polar surface area (TPSA) is 168 Å². The van der Waals surface area contributed by atoms with Crippen molar-refractivity contribution in [3.05, 3.63) is 157 Å². The third kappa shape index (κ3) is 142. The first-order valence-corrected chi connectivity index (χ1v) is 12.9. The van der Waals surface area contributed by atoms with E-state index in [2.05, 4.69) is 201 Å². The number of hydrogen-bond donors (Lipinski definition) is 1. The van der Waals surface area contributed by atoms with Gasteiger partial charge in [0.1, 0.15) is 31.8 Å². The molecule has 0 rings (SSSR count). The van der Waals surface area contributed by atoms with Gasteiger partial charge in [-0.15, -0.1) is 132 Å². The van der Waals surface area contributed by atoms with E-state index >= 15 is 0 Å². The molecule has 1 unspecified atom stereocenters. The highest BCUT2D eigenvalue weighted by Gasteiger charge is 2.05. The minimum absolute atomic E-state index is 0.0212. The standard InChI is InChI=1S/C13H24O17.10C2H4/c1-15-3-7-19-23-27-29-25-21-9-5-17-11-13(14)12-18-6-10-22-26-30-28-24-20-8-4-16-2;10*1-2/h3-4,7-8,13-14H,5-6,9-12H2,1-2H3;10*1-2H2/b7-3-,8-4+;;;;;;;;;;. The zero-order valence-electron chi connectivity index (χ0n) is 30.3. The van der Waals surface area contributed by atoms with Gasteiger partial charge >= 0.3 is 0 Å². The number of hydrogen-bond acceptors (Lipinski definition) is 17. The van der Waals surface area contributed by atoms with E-state index in [4.69, 9.17) is 9.47 Å². The molecule has 0 saturated carbocycles. The van der Waals surface area contributed by atoms with Crippen LogP contribution in [0.2, 0.25) is 0 Å². The van der Waals surface area contributed by atoms with Crippen LogP contribution in [0.1, 0.15) is 0 Å². The Morgan fingerprint density at radius 1 is 0.380 bits per heavy atom. The first kappa shape index (κ1) is 75.7. The molecule has 0 radical (unpaired) electrons. The van der Waals surface area contributed by atoms with E-state index in [0.29, 0.717) is 0 Å². The maximum Gasteiger partial charge on any atom is 0.167 e. The summed E-state index contributed by atoms with van der Waals surface area (Å²) in [6.45, 7) is 60.0. The lowest BCUT2D eigenvalue weighted by molar-refractivity contribution is -0.751. The van der Waals surface area contributed by atoms with Crippen molar-refractivity contribution in [2.45, 2.75) is 6.10 Å². The Morgan fingerprint density at radius 2 is 0.640 bits per heavy atom. The SMILES string of the molecule is C=C.C=C.C=C.C=C.C=C.C=C.C=C.C=C.C=C.C=C.CO/C=C\OOOOOOCCOCC(O)COCCOOOOOO/C=C/OC. The van der Waals surface area contributed by atoms with Gasteiger partial charge in [0.05, 0.1) is 40.6 Å². The van der Waals surface area contributed by atoms with Gasteiger partial charge in [0.25, 0.3) is 0 Å². The molecule has 0 spiro atoms. The molecular weight excluding hydrogens is 668 g/mol. The normalized spacial score (nSPS) is 8.30. The maximum absolute atomic E-state index is 9.60. The van der Waals surface area contributed by atoms with E-state index in [-0.39, 0.29) is 39.6 Å². The number of aliphatic hydroxyl groups is 1. The van der Waals surface area contributed by atoms with Gasteiger partial charge in [0.2, 0.25) is 0 Å². The van der Waals surface area contributed by atoms with Crippen LogP contribution in [-0.4, -0.2) is 65.1 Å². The smallest absolute Gasteiger partial charge is 0.167 e. The van der Waals surface area contributed by atoms with Crippen molar-refractivity contribution >= 4 is 0 Å². The fraction of sp³-hybridized carbons (Fsp3) is 0.273. The molecule has 0 fully saturated rings. The second kappa shape index (κ2) is 140. The Balaban J connectivity index is -0.0000000719. The Kier molecular flexibility index (Phi) is 212. The molecule has 50 heavy (non-hydrogen) atoms. The van der Waals surface area contributed by atoms with Crippen LogP contribution in [0.25, 0.3) is 0 Å². The summed E-state index contributed by atoms with van der Waals surface area (Å²) in [5.41, 5.74) is 0. The van der Waals surface area contributed by atoms with E-state index in [1.807, 2.05) is 0 Å². The van der Waals surface area contributed by atoms with Crippen LogP contribution in [0.15, 0.2) is 157 Å². The monoisotopic (exact) mass is 732 g/mol. The molecule has 0 aliphatic rings. The fourth-order valence-corrected chi connectivity index (χ4v) is 1.06. The summed E-state index contributed by atoms with van der Waals surface area (Å²) in [5.74, 6) is 0. The van der Waals surface area contributed by atoms with Crippen LogP contribution in [0.4, 0.5) is 0 Å². The first-order chi connectivity index (χ1) is 24.8. The summed E-state index contributed by atoms with van der Waals surface area (Å²) in [5, 5.41) is 41.4. The van der Waals surface area contributed by atoms with Crippen LogP contribution in [0, 0.1) is 0 Å². The summed E-state index contributed by atoms with van der Waals surface area (Å²) in [6, 6.07) is 0. The Labute approximate surface area is 300 Å². The lowest BCUT2D eigenvalue weighted by Crippen LogP contribution is -2.24. The molecule has 1 atom stereocenters. The number of aliphatic hydroxyl groups excluding tert-OH is 1. The van der Waals surface area contributed by atoms with Gasteiger partial charge in [-0.1, -0.05) is 0 Å². The summed E-state index contributed by atoms with van der Waals surface area (Å²) in [4.78, 5) is 17.4. The Bertz CT molecular complexity index is 465. The van der Waals surface area contributed by atoms with Gasteiger partial charge in [0.15, 0.2) is 12.5 Å². The van der Waals surface area contributed by atoms with Gasteiger partial charge in [-0.3, -0.25) is 0 Å². The molecule has 17 nitrogen and oxygen atoms in total. The van der Waals surface area contributed by atoms with Crippen molar-refractivity contribution in [2.75, 3.05) is 53.9 Å². The number of rotatable bonds is 24. The molecule has 0 heterocycles. The summed E-state index contributed by atoms with van der Waals surface area (Å²) in [7, 11) is 2.81. The molecule has 298 valence electrons. The van der Waals surface area contributed by atoms with Crippen molar-refractivity contribution in [2.24, 2.45) is 0 Å². The highest BCUT2D eigenvalue weighted by molar-refractivity contribution is 4.56. The molecule has 0 aliphatic carbocycles. The average Bonchev–Trinajstić information content (AvgIpc) is 3.23. The van der Waals surface area contributed by atoms with Crippen molar-refractivity contribution in [1.82, 2.24) is 0 Å². The zero-order chi connectivity index (χ0) is 42.0. The first-order valence-electron chi connectivity index (χ1n) is 12.9. The van der Waals surface area contributed by atoms with Crippen molar-refractivity contribution < 1.29 is 83.9 Å². The lowest BCUT2D eigenvalue weighted by atomic mass is 10.4. The van der Waals surface area contributed by atoms with Crippen molar-refractivity contribution in [3.63, 3.8) is 0 Å². The van der Waals surface area contributed by atoms with Crippen molar-refractivity contribution in [1.29, 1.82) is 0 Å². The predicted octanol–water partition coefficient (Wildman–Crippen LogP) is 7.99. The van der Waals surface area contributed by atoms with E-state index < -0.39 is 6.10 Å². The summed E-state index contributed by atoms with van der Waals surface area (Å²) in [6.07, 6.45) is 3.50. The van der Waals surface area contributed by atoms with Crippen LogP contribution >= 0.6 is 0 Å². The molecule has 0 aromatic carbocycles. The van der Waals surface area contributed by atoms with E-state index in [1.54, 1.807) is 0 Å². The average molecular weight is 733 g/mol. The maximum atomic E-state index is 9.60. The Morgan fingerprint density at radius 3 is 0.900 bits per heavy atom. The predicted molar refractivity (Wildman–Crippen MR) is 195 cm³/mol. The largest absolute Gasteiger partial charge is 0.501 e. The molecule has 1 N–H and O–H groups in total. The van der Waals surface area contributed by atoms with Crippen LogP contribution in [0.3, 0.4) is 0 Å². The van der Waals surface area contributed by atoms with Gasteiger partial charge in [0, 0.05) is 20.2 Å². The zero-order valence-corrected chi connectivity index (χ0v) is 30.3. The van der Waals surface area contributed by atoms with Crippen LogP contribution in [-0.2, 0) is 78.8 Å². The summed E-state index contributed by atoms with van der Waals surface area (Å²) < 4.78 is 19.2. The molecule has 0 amide bonds. The molecule has 0 aromatic rings. The fourth-order valence-electron chi connectivity index (χ4n) is 1.06. The molecule has 0 bridgehead atoms. The van der Waals surface area contributed by atoms with Crippen LogP contribution in [0.5, 0.6) is 0 Å². The van der Waals surface area contributed by atoms with E-state index in [0.717, 1.165) is 12.5 Å². The van der Waals surface area contributed by atoms with Gasteiger partial charge < -0.3 is 33.8 Å². The highest BCUT2D eigenvalue weighted by Crippen LogP contribution is 1.92. The van der Waals surface area contributed by atoms with Crippen molar-refractivity contribution in [3.8, 4) is 0 Å². The van der Waals surface area contributed by atoms with Gasteiger partial charge in [-0.05, 0) is 20.2 Å². The highest BCUT2D eigenvalue weighted by atomic mass is 17.8. The number of ether oxygens (including phenoxy) is 4. The molecular formula is C33H64O17. The molecule has 17 heteroatoms. The molecule has 0 saturated heterocycles. The quantitative estimate of drug-likeness (QED) is 0.0333. The lowest BCUT2D eigenvalue weighted by Gasteiger charge is -2.11. The Hall–Kier alpha value is -4.44. The summed E-state index contributed by atoms with van der Waals surface area (Å²) >= 11 is 0. The third-order valence-corrected chi connectivity index (χ3v) is 2.08. The number of methoxy groups -OCH3 is 2. The minimum Gasteiger partial charge on any atom is -0.501 e. The second-order valence-corrected chi connectivity index (χ2v) is 4.20. The molecule has 0 aromatic heterocycles. The second-order valence-electron chi connectivity index (χ2n) is 4.20. The molecule has 0 aliphatic heterocycles. The van der Waals surface area contributed by atoms with Gasteiger partial charge in [-0.2, -0.15) is 0 Å². The van der Waals surface area contributed by atoms with E-state index in [1.165, 1.54) is 26.7 Å².